The predicted molar refractivity (Wildman–Crippen MR) is 136 cm³/mol. The minimum Gasteiger partial charge on any atom is -0.497 e. The van der Waals surface area contributed by atoms with Crippen LogP contribution in [0.2, 0.25) is 5.02 Å². The normalized spacial score (nSPS) is 11.8. The molecule has 6 nitrogen and oxygen atoms in total. The van der Waals surface area contributed by atoms with E-state index in [1.165, 1.54) is 0 Å². The van der Waals surface area contributed by atoms with Crippen LogP contribution in [0.25, 0.3) is 5.69 Å². The van der Waals surface area contributed by atoms with Gasteiger partial charge in [0.2, 0.25) is 0 Å². The third kappa shape index (κ3) is 5.61. The third-order valence-electron chi connectivity index (χ3n) is 5.29. The van der Waals surface area contributed by atoms with Crippen LogP contribution in [0.3, 0.4) is 0 Å². The molecule has 1 amide bonds. The smallest absolute Gasteiger partial charge is 0.251 e. The van der Waals surface area contributed by atoms with Gasteiger partial charge in [-0.1, -0.05) is 53.2 Å². The third-order valence-corrected chi connectivity index (χ3v) is 6.55. The lowest BCUT2D eigenvalue weighted by atomic mass is 10.2. The molecular formula is C26H25ClN4O2S. The number of hydrogen-bond donors (Lipinski definition) is 1. The highest BCUT2D eigenvalue weighted by molar-refractivity contribution is 7.98. The van der Waals surface area contributed by atoms with Crippen LogP contribution in [0.1, 0.15) is 40.3 Å². The van der Waals surface area contributed by atoms with E-state index in [2.05, 4.69) is 21.6 Å². The molecule has 1 N–H and O–H groups in total. The fourth-order valence-corrected chi connectivity index (χ4v) is 4.48. The molecule has 4 aromatic rings. The Hall–Kier alpha value is -3.29. The van der Waals surface area contributed by atoms with Gasteiger partial charge >= 0.3 is 0 Å². The number of ether oxygens (including phenoxy) is 1. The van der Waals surface area contributed by atoms with Crippen molar-refractivity contribution >= 4 is 29.3 Å². The Bertz CT molecular complexity index is 1270. The molecule has 4 rings (SSSR count). The lowest BCUT2D eigenvalue weighted by Gasteiger charge is -2.16. The predicted octanol–water partition coefficient (Wildman–Crippen LogP) is 6.02. The second-order valence-corrected chi connectivity index (χ2v) is 9.23. The van der Waals surface area contributed by atoms with Crippen LogP contribution in [0.5, 0.6) is 5.75 Å². The number of thioether (sulfide) groups is 1. The SMILES string of the molecule is COc1cccc(CSc2nnc(C(C)NC(=O)c3ccc(Cl)cc3)n2-c2ccc(C)cc2)c1. The molecule has 0 fully saturated rings. The van der Waals surface area contributed by atoms with Gasteiger partial charge in [-0.25, -0.2) is 0 Å². The maximum absolute atomic E-state index is 12.8. The number of benzene rings is 3. The Balaban J connectivity index is 1.61. The van der Waals surface area contributed by atoms with Crippen molar-refractivity contribution in [3.8, 4) is 11.4 Å². The number of halogens is 1. The lowest BCUT2D eigenvalue weighted by Crippen LogP contribution is -2.28. The summed E-state index contributed by atoms with van der Waals surface area (Å²) in [6.45, 7) is 3.95. The molecule has 1 aromatic heterocycles. The van der Waals surface area contributed by atoms with Crippen LogP contribution < -0.4 is 10.1 Å². The highest BCUT2D eigenvalue weighted by atomic mass is 35.5. The second-order valence-electron chi connectivity index (χ2n) is 7.85. The monoisotopic (exact) mass is 492 g/mol. The van der Waals surface area contributed by atoms with E-state index in [0.717, 1.165) is 27.7 Å². The number of methoxy groups -OCH3 is 1. The zero-order valence-electron chi connectivity index (χ0n) is 19.2. The molecule has 0 aliphatic carbocycles. The first kappa shape index (κ1) is 23.9. The van der Waals surface area contributed by atoms with E-state index in [0.29, 0.717) is 22.2 Å². The van der Waals surface area contributed by atoms with Crippen LogP contribution in [-0.2, 0) is 5.75 Å². The Morgan fingerprint density at radius 3 is 2.53 bits per heavy atom. The Morgan fingerprint density at radius 2 is 1.82 bits per heavy atom. The van der Waals surface area contributed by atoms with Gasteiger partial charge in [0.15, 0.2) is 11.0 Å². The van der Waals surface area contributed by atoms with E-state index in [1.54, 1.807) is 43.1 Å². The number of nitrogens with one attached hydrogen (secondary N) is 1. The molecular weight excluding hydrogens is 468 g/mol. The molecule has 0 spiro atoms. The number of rotatable bonds is 8. The lowest BCUT2D eigenvalue weighted by molar-refractivity contribution is 0.0938. The Morgan fingerprint density at radius 1 is 1.09 bits per heavy atom. The van der Waals surface area contributed by atoms with Crippen LogP contribution >= 0.6 is 23.4 Å². The first-order chi connectivity index (χ1) is 16.4. The van der Waals surface area contributed by atoms with Crippen LogP contribution in [-0.4, -0.2) is 27.8 Å². The van der Waals surface area contributed by atoms with Gasteiger partial charge in [0.25, 0.3) is 5.91 Å². The summed E-state index contributed by atoms with van der Waals surface area (Å²) in [7, 11) is 1.66. The van der Waals surface area contributed by atoms with Crippen LogP contribution in [0.4, 0.5) is 0 Å². The Kier molecular flexibility index (Phi) is 7.55. The van der Waals surface area contributed by atoms with Crippen molar-refractivity contribution in [2.45, 2.75) is 30.8 Å². The van der Waals surface area contributed by atoms with E-state index in [9.17, 15) is 4.79 Å². The molecule has 1 heterocycles. The molecule has 0 saturated heterocycles. The second kappa shape index (κ2) is 10.8. The highest BCUT2D eigenvalue weighted by Gasteiger charge is 2.21. The molecule has 0 saturated carbocycles. The van der Waals surface area contributed by atoms with E-state index in [4.69, 9.17) is 16.3 Å². The number of carbonyl (C=O) groups is 1. The standard InChI is InChI=1S/C26H25ClN4O2S/c1-17-7-13-22(14-8-17)31-24(18(2)28-25(32)20-9-11-21(27)12-10-20)29-30-26(31)34-16-19-5-4-6-23(15-19)33-3/h4-15,18H,16H2,1-3H3,(H,28,32). The number of aryl methyl sites for hydroxylation is 1. The van der Waals surface area contributed by atoms with Crippen LogP contribution in [0, 0.1) is 6.92 Å². The zero-order chi connectivity index (χ0) is 24.1. The van der Waals surface area contributed by atoms with Crippen molar-refractivity contribution in [1.29, 1.82) is 0 Å². The van der Waals surface area contributed by atoms with E-state index in [1.807, 2.05) is 60.9 Å². The van der Waals surface area contributed by atoms with E-state index in [-0.39, 0.29) is 11.9 Å². The minimum atomic E-state index is -0.372. The maximum Gasteiger partial charge on any atom is 0.251 e. The van der Waals surface area contributed by atoms with Crippen molar-refractivity contribution < 1.29 is 9.53 Å². The van der Waals surface area contributed by atoms with Gasteiger partial charge in [-0.3, -0.25) is 9.36 Å². The molecule has 34 heavy (non-hydrogen) atoms. The van der Waals surface area contributed by atoms with E-state index >= 15 is 0 Å². The number of hydrogen-bond acceptors (Lipinski definition) is 5. The topological polar surface area (TPSA) is 69.0 Å². The summed E-state index contributed by atoms with van der Waals surface area (Å²) >= 11 is 7.53. The highest BCUT2D eigenvalue weighted by Crippen LogP contribution is 2.29. The first-order valence-corrected chi connectivity index (χ1v) is 12.2. The van der Waals surface area contributed by atoms with Crippen molar-refractivity contribution in [1.82, 2.24) is 20.1 Å². The van der Waals surface area contributed by atoms with Crippen molar-refractivity contribution in [3.63, 3.8) is 0 Å². The molecule has 8 heteroatoms. The summed E-state index contributed by atoms with van der Waals surface area (Å²) in [5.41, 5.74) is 3.75. The molecule has 0 aliphatic rings. The van der Waals surface area contributed by atoms with Crippen molar-refractivity contribution in [3.05, 3.63) is 100 Å². The Labute approximate surface area is 208 Å². The molecule has 3 aromatic carbocycles. The average Bonchev–Trinajstić information content (AvgIpc) is 3.28. The van der Waals surface area contributed by atoms with Crippen molar-refractivity contribution in [2.24, 2.45) is 0 Å². The summed E-state index contributed by atoms with van der Waals surface area (Å²) < 4.78 is 7.33. The van der Waals surface area contributed by atoms with Gasteiger partial charge in [-0.2, -0.15) is 0 Å². The molecule has 0 radical (unpaired) electrons. The van der Waals surface area contributed by atoms with Gasteiger partial charge < -0.3 is 10.1 Å². The zero-order valence-corrected chi connectivity index (χ0v) is 20.7. The van der Waals surface area contributed by atoms with E-state index < -0.39 is 0 Å². The van der Waals surface area contributed by atoms with Gasteiger partial charge in [-0.15, -0.1) is 10.2 Å². The summed E-state index contributed by atoms with van der Waals surface area (Å²) in [5, 5.41) is 13.3. The maximum atomic E-state index is 12.8. The molecule has 174 valence electrons. The molecule has 0 bridgehead atoms. The van der Waals surface area contributed by atoms with Crippen LogP contribution in [0.15, 0.2) is 78.0 Å². The quantitative estimate of drug-likeness (QED) is 0.304. The fraction of sp³-hybridized carbons (Fsp3) is 0.192. The van der Waals surface area contributed by atoms with Gasteiger partial charge in [0, 0.05) is 22.0 Å². The minimum absolute atomic E-state index is 0.201. The fourth-order valence-electron chi connectivity index (χ4n) is 3.45. The summed E-state index contributed by atoms with van der Waals surface area (Å²) in [5.74, 6) is 1.97. The molecule has 1 unspecified atom stereocenters. The molecule has 0 aliphatic heterocycles. The molecule has 1 atom stereocenters. The van der Waals surface area contributed by atoms with Gasteiger partial charge in [0.1, 0.15) is 5.75 Å². The van der Waals surface area contributed by atoms with Crippen molar-refractivity contribution in [2.75, 3.05) is 7.11 Å². The number of nitrogens with zero attached hydrogens (tertiary/aromatic N) is 3. The summed E-state index contributed by atoms with van der Waals surface area (Å²) in [6, 6.07) is 22.5. The van der Waals surface area contributed by atoms with Gasteiger partial charge in [0.05, 0.1) is 13.2 Å². The van der Waals surface area contributed by atoms with Gasteiger partial charge in [-0.05, 0) is 67.9 Å². The summed E-state index contributed by atoms with van der Waals surface area (Å²) in [6.07, 6.45) is 0. The largest absolute Gasteiger partial charge is 0.497 e. The summed E-state index contributed by atoms with van der Waals surface area (Å²) in [4.78, 5) is 12.8. The number of amides is 1. The average molecular weight is 493 g/mol. The number of carbonyl (C=O) groups excluding carboxylic acids is 1. The first-order valence-electron chi connectivity index (χ1n) is 10.8. The number of aromatic nitrogens is 3.